The first kappa shape index (κ1) is 12.6. The van der Waals surface area contributed by atoms with Gasteiger partial charge in [0.25, 0.3) is 0 Å². The molecule has 0 bridgehead atoms. The normalized spacial score (nSPS) is 9.78. The highest BCUT2D eigenvalue weighted by molar-refractivity contribution is 9.10. The van der Waals surface area contributed by atoms with Crippen molar-refractivity contribution >= 4 is 15.9 Å². The third-order valence-corrected chi connectivity index (χ3v) is 3.09. The minimum Gasteiger partial charge on any atom is -0.492 e. The van der Waals surface area contributed by atoms with Crippen molar-refractivity contribution in [2.45, 2.75) is 6.42 Å². The van der Waals surface area contributed by atoms with Gasteiger partial charge in [0.1, 0.15) is 17.4 Å². The van der Waals surface area contributed by atoms with E-state index in [1.165, 1.54) is 0 Å². The minimum atomic E-state index is 0.502. The molecule has 0 amide bonds. The summed E-state index contributed by atoms with van der Waals surface area (Å²) in [6.07, 6.45) is 2.48. The zero-order valence-electron chi connectivity index (χ0n) is 9.64. The highest BCUT2D eigenvalue weighted by Crippen LogP contribution is 2.25. The molecule has 0 fully saturated rings. The molecule has 0 aliphatic heterocycles. The molecule has 0 atom stereocenters. The quantitative estimate of drug-likeness (QED) is 0.870. The van der Waals surface area contributed by atoms with Crippen LogP contribution in [0.25, 0.3) is 0 Å². The van der Waals surface area contributed by atoms with Gasteiger partial charge in [-0.05, 0) is 40.2 Å². The number of benzene rings is 1. The van der Waals surface area contributed by atoms with Gasteiger partial charge in [-0.2, -0.15) is 5.26 Å². The third kappa shape index (κ3) is 3.08. The van der Waals surface area contributed by atoms with Crippen molar-refractivity contribution in [2.24, 2.45) is 0 Å². The van der Waals surface area contributed by atoms with Crippen LogP contribution >= 0.6 is 15.9 Å². The van der Waals surface area contributed by atoms with E-state index in [0.29, 0.717) is 17.9 Å². The van der Waals surface area contributed by atoms with E-state index >= 15 is 0 Å². The van der Waals surface area contributed by atoms with Crippen molar-refractivity contribution in [2.75, 3.05) is 6.61 Å². The molecule has 1 aromatic heterocycles. The number of nitriles is 1. The van der Waals surface area contributed by atoms with Gasteiger partial charge >= 0.3 is 0 Å². The molecule has 0 aliphatic carbocycles. The SMILES string of the molecule is N#Cc1c(Br)cccc1OCCc1ccccn1. The van der Waals surface area contributed by atoms with Crippen molar-refractivity contribution in [3.05, 3.63) is 58.3 Å². The first-order valence-electron chi connectivity index (χ1n) is 5.52. The Morgan fingerprint density at radius 3 is 2.83 bits per heavy atom. The summed E-state index contributed by atoms with van der Waals surface area (Å²) >= 11 is 3.33. The average Bonchev–Trinajstić information content (AvgIpc) is 2.40. The summed E-state index contributed by atoms with van der Waals surface area (Å²) in [7, 11) is 0. The summed E-state index contributed by atoms with van der Waals surface area (Å²) in [5.74, 6) is 0.600. The number of halogens is 1. The van der Waals surface area contributed by atoms with Gasteiger partial charge in [-0.3, -0.25) is 4.98 Å². The highest BCUT2D eigenvalue weighted by Gasteiger charge is 2.06. The number of nitrogens with zero attached hydrogens (tertiary/aromatic N) is 2. The van der Waals surface area contributed by atoms with Crippen LogP contribution < -0.4 is 4.74 Å². The summed E-state index contributed by atoms with van der Waals surface area (Å²) in [5.41, 5.74) is 1.50. The molecule has 2 aromatic rings. The summed E-state index contributed by atoms with van der Waals surface area (Å²) in [6.45, 7) is 0.502. The molecule has 1 aromatic carbocycles. The monoisotopic (exact) mass is 302 g/mol. The second-order valence-electron chi connectivity index (χ2n) is 3.64. The topological polar surface area (TPSA) is 45.9 Å². The zero-order chi connectivity index (χ0) is 12.8. The van der Waals surface area contributed by atoms with Crippen molar-refractivity contribution in [1.29, 1.82) is 5.26 Å². The van der Waals surface area contributed by atoms with Crippen LogP contribution in [0, 0.1) is 11.3 Å². The lowest BCUT2D eigenvalue weighted by molar-refractivity contribution is 0.319. The van der Waals surface area contributed by atoms with Crippen molar-refractivity contribution < 1.29 is 4.74 Å². The third-order valence-electron chi connectivity index (χ3n) is 2.43. The Balaban J connectivity index is 1.99. The Bertz CT molecular complexity index is 564. The van der Waals surface area contributed by atoms with E-state index in [-0.39, 0.29) is 0 Å². The molecular weight excluding hydrogens is 292 g/mol. The molecule has 2 rings (SSSR count). The van der Waals surface area contributed by atoms with Crippen LogP contribution in [0.5, 0.6) is 5.75 Å². The molecule has 90 valence electrons. The highest BCUT2D eigenvalue weighted by atomic mass is 79.9. The van der Waals surface area contributed by atoms with E-state index in [4.69, 9.17) is 10.00 Å². The number of hydrogen-bond acceptors (Lipinski definition) is 3. The van der Waals surface area contributed by atoms with Gasteiger partial charge < -0.3 is 4.74 Å². The molecule has 18 heavy (non-hydrogen) atoms. The summed E-state index contributed by atoms with van der Waals surface area (Å²) in [5, 5.41) is 9.04. The summed E-state index contributed by atoms with van der Waals surface area (Å²) in [6, 6.07) is 13.4. The van der Waals surface area contributed by atoms with E-state index in [0.717, 1.165) is 16.6 Å². The van der Waals surface area contributed by atoms with Gasteiger partial charge in [0.15, 0.2) is 0 Å². The molecule has 1 heterocycles. The van der Waals surface area contributed by atoms with Crippen LogP contribution in [-0.2, 0) is 6.42 Å². The maximum Gasteiger partial charge on any atom is 0.138 e. The Morgan fingerprint density at radius 1 is 1.22 bits per heavy atom. The average molecular weight is 303 g/mol. The molecule has 0 saturated carbocycles. The smallest absolute Gasteiger partial charge is 0.138 e. The number of aromatic nitrogens is 1. The lowest BCUT2D eigenvalue weighted by atomic mass is 10.2. The van der Waals surface area contributed by atoms with Crippen molar-refractivity contribution in [3.8, 4) is 11.8 Å². The fraction of sp³-hybridized carbons (Fsp3) is 0.143. The van der Waals surface area contributed by atoms with E-state index in [1.54, 1.807) is 12.3 Å². The largest absolute Gasteiger partial charge is 0.492 e. The lowest BCUT2D eigenvalue weighted by Gasteiger charge is -2.08. The van der Waals surface area contributed by atoms with Gasteiger partial charge in [-0.25, -0.2) is 0 Å². The molecule has 0 spiro atoms. The number of ether oxygens (including phenoxy) is 1. The molecule has 4 heteroatoms. The standard InChI is InChI=1S/C14H11BrN2O/c15-13-5-3-6-14(12(13)10-16)18-9-7-11-4-1-2-8-17-11/h1-6,8H,7,9H2. The zero-order valence-corrected chi connectivity index (χ0v) is 11.2. The molecular formula is C14H11BrN2O. The first-order valence-corrected chi connectivity index (χ1v) is 6.32. The van der Waals surface area contributed by atoms with Crippen LogP contribution in [0.4, 0.5) is 0 Å². The molecule has 0 aliphatic rings. The number of pyridine rings is 1. The van der Waals surface area contributed by atoms with E-state index in [9.17, 15) is 0 Å². The number of hydrogen-bond donors (Lipinski definition) is 0. The fourth-order valence-electron chi connectivity index (χ4n) is 1.54. The van der Waals surface area contributed by atoms with Gasteiger partial charge in [-0.1, -0.05) is 12.1 Å². The van der Waals surface area contributed by atoms with Crippen LogP contribution in [0.15, 0.2) is 47.1 Å². The molecule has 0 unspecified atom stereocenters. The van der Waals surface area contributed by atoms with E-state index < -0.39 is 0 Å². The van der Waals surface area contributed by atoms with Crippen LogP contribution in [-0.4, -0.2) is 11.6 Å². The lowest BCUT2D eigenvalue weighted by Crippen LogP contribution is -2.03. The molecule has 0 N–H and O–H groups in total. The van der Waals surface area contributed by atoms with Gasteiger partial charge in [-0.15, -0.1) is 0 Å². The van der Waals surface area contributed by atoms with Crippen LogP contribution in [0.1, 0.15) is 11.3 Å². The maximum atomic E-state index is 9.04. The Labute approximate surface area is 114 Å². The Kier molecular flexibility index (Phi) is 4.32. The predicted molar refractivity (Wildman–Crippen MR) is 72.3 cm³/mol. The molecule has 0 saturated heterocycles. The summed E-state index contributed by atoms with van der Waals surface area (Å²) in [4.78, 5) is 4.22. The minimum absolute atomic E-state index is 0.502. The van der Waals surface area contributed by atoms with E-state index in [2.05, 4.69) is 27.0 Å². The van der Waals surface area contributed by atoms with Crippen molar-refractivity contribution in [1.82, 2.24) is 4.98 Å². The van der Waals surface area contributed by atoms with Crippen LogP contribution in [0.3, 0.4) is 0 Å². The second kappa shape index (κ2) is 6.18. The van der Waals surface area contributed by atoms with Crippen LogP contribution in [0.2, 0.25) is 0 Å². The van der Waals surface area contributed by atoms with Crippen molar-refractivity contribution in [3.63, 3.8) is 0 Å². The number of rotatable bonds is 4. The summed E-state index contributed by atoms with van der Waals surface area (Å²) < 4.78 is 6.37. The first-order chi connectivity index (χ1) is 8.81. The molecule has 0 radical (unpaired) electrons. The Hall–Kier alpha value is -1.86. The molecule has 3 nitrogen and oxygen atoms in total. The second-order valence-corrected chi connectivity index (χ2v) is 4.50. The van der Waals surface area contributed by atoms with Gasteiger partial charge in [0, 0.05) is 22.8 Å². The predicted octanol–water partition coefficient (Wildman–Crippen LogP) is 3.34. The maximum absolute atomic E-state index is 9.04. The van der Waals surface area contributed by atoms with Gasteiger partial charge in [0.05, 0.1) is 6.61 Å². The Morgan fingerprint density at radius 2 is 2.11 bits per heavy atom. The fourth-order valence-corrected chi connectivity index (χ4v) is 1.98. The van der Waals surface area contributed by atoms with Gasteiger partial charge in [0.2, 0.25) is 0 Å². The van der Waals surface area contributed by atoms with E-state index in [1.807, 2.05) is 30.3 Å².